The maximum atomic E-state index is 11.0. The summed E-state index contributed by atoms with van der Waals surface area (Å²) in [6.07, 6.45) is -1.90. The smallest absolute Gasteiger partial charge is 0.408 e. The largest absolute Gasteiger partial charge is 0.449 e. The SMILES string of the molecule is O=C(NCO)OCC(CO)(CO)COC(=O)NCO. The maximum absolute atomic E-state index is 11.0. The van der Waals surface area contributed by atoms with E-state index in [0.717, 1.165) is 0 Å². The van der Waals surface area contributed by atoms with Gasteiger partial charge in [-0.25, -0.2) is 9.59 Å². The number of nitrogens with one attached hydrogen (secondary N) is 2. The number of carbonyl (C=O) groups excluding carboxylic acids is 2. The molecule has 0 unspecified atom stereocenters. The Morgan fingerprint density at radius 3 is 1.47 bits per heavy atom. The van der Waals surface area contributed by atoms with Gasteiger partial charge in [-0.2, -0.15) is 0 Å². The summed E-state index contributed by atoms with van der Waals surface area (Å²) in [5, 5.41) is 39.0. The Labute approximate surface area is 108 Å². The van der Waals surface area contributed by atoms with E-state index in [4.69, 9.17) is 10.2 Å². The predicted octanol–water partition coefficient (Wildman–Crippen LogP) is -2.69. The van der Waals surface area contributed by atoms with Crippen LogP contribution >= 0.6 is 0 Å². The number of aliphatic hydroxyl groups is 4. The van der Waals surface area contributed by atoms with Crippen LogP contribution in [-0.2, 0) is 9.47 Å². The quantitative estimate of drug-likeness (QED) is 0.263. The summed E-state index contributed by atoms with van der Waals surface area (Å²) in [5.41, 5.74) is -1.38. The van der Waals surface area contributed by atoms with E-state index in [9.17, 15) is 19.8 Å². The van der Waals surface area contributed by atoms with Crippen LogP contribution in [0.4, 0.5) is 9.59 Å². The molecule has 19 heavy (non-hydrogen) atoms. The molecule has 0 aliphatic heterocycles. The summed E-state index contributed by atoms with van der Waals surface area (Å²) in [6, 6.07) is 0. The van der Waals surface area contributed by atoms with Crippen molar-refractivity contribution in [1.82, 2.24) is 10.6 Å². The fourth-order valence-corrected chi connectivity index (χ4v) is 0.943. The lowest BCUT2D eigenvalue weighted by Crippen LogP contribution is -2.43. The molecule has 2 amide bonds. The van der Waals surface area contributed by atoms with Gasteiger partial charge in [-0.15, -0.1) is 0 Å². The molecule has 0 atom stereocenters. The molecule has 0 heterocycles. The lowest BCUT2D eigenvalue weighted by Gasteiger charge is -2.28. The summed E-state index contributed by atoms with van der Waals surface area (Å²) < 4.78 is 9.26. The number of alkyl carbamates (subject to hydrolysis) is 2. The molecule has 112 valence electrons. The molecule has 0 spiro atoms. The van der Waals surface area contributed by atoms with Crippen molar-refractivity contribution < 1.29 is 39.5 Å². The monoisotopic (exact) mass is 282 g/mol. The van der Waals surface area contributed by atoms with Crippen LogP contribution in [0.1, 0.15) is 0 Å². The van der Waals surface area contributed by atoms with E-state index in [1.54, 1.807) is 0 Å². The van der Waals surface area contributed by atoms with Crippen LogP contribution in [0.2, 0.25) is 0 Å². The van der Waals surface area contributed by atoms with E-state index in [1.807, 2.05) is 10.6 Å². The lowest BCUT2D eigenvalue weighted by molar-refractivity contribution is -0.0428. The Morgan fingerprint density at radius 1 is 0.842 bits per heavy atom. The normalized spacial score (nSPS) is 10.7. The van der Waals surface area contributed by atoms with E-state index in [2.05, 4.69) is 9.47 Å². The van der Waals surface area contributed by atoms with Crippen molar-refractivity contribution >= 4 is 12.2 Å². The second-order valence-electron chi connectivity index (χ2n) is 3.64. The number of carbonyl (C=O) groups is 2. The first-order valence-electron chi connectivity index (χ1n) is 5.28. The van der Waals surface area contributed by atoms with Gasteiger partial charge in [-0.1, -0.05) is 0 Å². The highest BCUT2D eigenvalue weighted by molar-refractivity contribution is 5.67. The summed E-state index contributed by atoms with van der Waals surface area (Å²) >= 11 is 0. The molecule has 0 aliphatic rings. The average Bonchev–Trinajstić information content (AvgIpc) is 2.40. The molecule has 0 saturated heterocycles. The van der Waals surface area contributed by atoms with Crippen LogP contribution in [0.25, 0.3) is 0 Å². The zero-order chi connectivity index (χ0) is 14.7. The topological polar surface area (TPSA) is 158 Å². The molecule has 10 heteroatoms. The minimum absolute atomic E-state index is 0.432. The summed E-state index contributed by atoms with van der Waals surface area (Å²) in [7, 11) is 0. The third kappa shape index (κ3) is 6.76. The third-order valence-corrected chi connectivity index (χ3v) is 2.14. The molecule has 0 aromatic rings. The maximum Gasteiger partial charge on any atom is 0.408 e. The van der Waals surface area contributed by atoms with Crippen molar-refractivity contribution in [3.8, 4) is 0 Å². The summed E-state index contributed by atoms with van der Waals surface area (Å²) in [6.45, 7) is -3.33. The molecule has 0 rings (SSSR count). The minimum Gasteiger partial charge on any atom is -0.449 e. The standard InChI is InChI=1S/C9H18N2O8/c12-1-9(2-13,3-18-7(16)10-5-14)4-19-8(17)11-6-15/h12-15H,1-6H2,(H,10,16)(H,11,17). The van der Waals surface area contributed by atoms with Crippen molar-refractivity contribution in [2.75, 3.05) is 39.9 Å². The van der Waals surface area contributed by atoms with Crippen molar-refractivity contribution in [1.29, 1.82) is 0 Å². The zero-order valence-electron chi connectivity index (χ0n) is 10.2. The molecule has 0 aromatic heterocycles. The minimum atomic E-state index is -1.38. The Kier molecular flexibility index (Phi) is 8.53. The van der Waals surface area contributed by atoms with Crippen LogP contribution in [0.5, 0.6) is 0 Å². The van der Waals surface area contributed by atoms with Gasteiger partial charge < -0.3 is 29.9 Å². The molecule has 6 N–H and O–H groups in total. The number of ether oxygens (including phenoxy) is 2. The summed E-state index contributed by atoms with van der Waals surface area (Å²) in [4.78, 5) is 21.9. The molecule has 0 fully saturated rings. The molecular weight excluding hydrogens is 264 g/mol. The predicted molar refractivity (Wildman–Crippen MR) is 59.7 cm³/mol. The van der Waals surface area contributed by atoms with E-state index in [-0.39, 0.29) is 0 Å². The highest BCUT2D eigenvalue weighted by atomic mass is 16.6. The van der Waals surface area contributed by atoms with Crippen molar-refractivity contribution in [2.45, 2.75) is 0 Å². The third-order valence-electron chi connectivity index (χ3n) is 2.14. The van der Waals surface area contributed by atoms with E-state index in [0.29, 0.717) is 0 Å². The molecule has 0 aromatic carbocycles. The first-order chi connectivity index (χ1) is 9.03. The Morgan fingerprint density at radius 2 is 1.21 bits per heavy atom. The first-order valence-corrected chi connectivity index (χ1v) is 5.28. The Hall–Kier alpha value is -1.62. The molecule has 10 nitrogen and oxygen atoms in total. The molecular formula is C9H18N2O8. The van der Waals surface area contributed by atoms with E-state index >= 15 is 0 Å². The highest BCUT2D eigenvalue weighted by Gasteiger charge is 2.33. The second kappa shape index (κ2) is 9.33. The fraction of sp³-hybridized carbons (Fsp3) is 0.778. The van der Waals surface area contributed by atoms with Gasteiger partial charge in [0.25, 0.3) is 0 Å². The second-order valence-corrected chi connectivity index (χ2v) is 3.64. The summed E-state index contributed by atoms with van der Waals surface area (Å²) in [5.74, 6) is 0. The number of rotatable bonds is 8. The van der Waals surface area contributed by atoms with Gasteiger partial charge in [0.1, 0.15) is 26.7 Å². The van der Waals surface area contributed by atoms with Crippen molar-refractivity contribution in [2.24, 2.45) is 5.41 Å². The number of hydrogen-bond donors (Lipinski definition) is 6. The number of aliphatic hydroxyl groups excluding tert-OH is 4. The van der Waals surface area contributed by atoms with E-state index < -0.39 is 57.5 Å². The van der Waals surface area contributed by atoms with Crippen molar-refractivity contribution in [3.63, 3.8) is 0 Å². The van der Waals surface area contributed by atoms with Gasteiger partial charge in [0.2, 0.25) is 0 Å². The Bertz CT molecular complexity index is 257. The fourth-order valence-electron chi connectivity index (χ4n) is 0.943. The highest BCUT2D eigenvalue weighted by Crippen LogP contribution is 2.17. The molecule has 0 saturated carbocycles. The molecule has 0 radical (unpaired) electrons. The molecule has 0 bridgehead atoms. The van der Waals surface area contributed by atoms with Gasteiger partial charge in [0.05, 0.1) is 18.6 Å². The Balaban J connectivity index is 4.32. The van der Waals surface area contributed by atoms with Gasteiger partial charge in [0, 0.05) is 0 Å². The molecule has 0 aliphatic carbocycles. The van der Waals surface area contributed by atoms with Crippen LogP contribution in [-0.4, -0.2) is 72.5 Å². The lowest BCUT2D eigenvalue weighted by atomic mass is 9.92. The first kappa shape index (κ1) is 17.4. The number of hydrogen-bond acceptors (Lipinski definition) is 8. The van der Waals surface area contributed by atoms with Crippen LogP contribution in [0, 0.1) is 5.41 Å². The van der Waals surface area contributed by atoms with Gasteiger partial charge in [-0.05, 0) is 0 Å². The average molecular weight is 282 g/mol. The van der Waals surface area contributed by atoms with Crippen LogP contribution < -0.4 is 10.6 Å². The number of amides is 2. The van der Waals surface area contributed by atoms with Gasteiger partial charge >= 0.3 is 12.2 Å². The van der Waals surface area contributed by atoms with Gasteiger partial charge in [0.15, 0.2) is 0 Å². The zero-order valence-corrected chi connectivity index (χ0v) is 10.2. The van der Waals surface area contributed by atoms with Crippen molar-refractivity contribution in [3.05, 3.63) is 0 Å². The van der Waals surface area contributed by atoms with Crippen LogP contribution in [0.3, 0.4) is 0 Å². The van der Waals surface area contributed by atoms with E-state index in [1.165, 1.54) is 0 Å². The van der Waals surface area contributed by atoms with Gasteiger partial charge in [-0.3, -0.25) is 10.6 Å². The van der Waals surface area contributed by atoms with Crippen LogP contribution in [0.15, 0.2) is 0 Å².